The van der Waals surface area contributed by atoms with Gasteiger partial charge in [0.1, 0.15) is 12.6 Å². The van der Waals surface area contributed by atoms with Crippen LogP contribution in [-0.2, 0) is 14.9 Å². The summed E-state index contributed by atoms with van der Waals surface area (Å²) in [7, 11) is 0.927. The van der Waals surface area contributed by atoms with Gasteiger partial charge in [-0.1, -0.05) is 31.3 Å². The minimum Gasteiger partial charge on any atom is -0.297 e. The molecule has 25 heavy (non-hydrogen) atoms. The Bertz CT molecular complexity index is 577. The van der Waals surface area contributed by atoms with Crippen LogP contribution in [0.25, 0.3) is 0 Å². The Morgan fingerprint density at radius 1 is 1.28 bits per heavy atom. The van der Waals surface area contributed by atoms with Crippen molar-refractivity contribution in [1.29, 1.82) is 0 Å². The summed E-state index contributed by atoms with van der Waals surface area (Å²) in [6.45, 7) is 1.17. The van der Waals surface area contributed by atoms with E-state index in [4.69, 9.17) is 4.84 Å². The standard InChI is InChI=1S/C14H27FN4O4S2/c1-14(8-6-5-7-9-14)12(10-15)16-23-13(20)17-24-19(4)11-25(21,22)18(2)3/h5-11H2,1-4H3,(H,17,20). The molecule has 0 aromatic carbocycles. The molecule has 8 nitrogen and oxygen atoms in total. The van der Waals surface area contributed by atoms with Crippen molar-refractivity contribution < 1.29 is 22.4 Å². The maximum Gasteiger partial charge on any atom is 0.444 e. The smallest absolute Gasteiger partial charge is 0.297 e. The largest absolute Gasteiger partial charge is 0.444 e. The van der Waals surface area contributed by atoms with E-state index in [1.54, 1.807) is 0 Å². The summed E-state index contributed by atoms with van der Waals surface area (Å²) in [5.74, 6) is -0.290. The lowest BCUT2D eigenvalue weighted by Gasteiger charge is -2.33. The number of hydrogen-bond acceptors (Lipinski definition) is 7. The Hall–Kier alpha value is -0.910. The molecule has 0 spiro atoms. The number of hydrogen-bond donors (Lipinski definition) is 1. The average Bonchev–Trinajstić information content (AvgIpc) is 2.53. The number of nitrogens with zero attached hydrogens (tertiary/aromatic N) is 3. The molecule has 0 unspecified atom stereocenters. The first kappa shape index (κ1) is 22.1. The number of carbonyl (C=O) groups excluding carboxylic acids is 1. The van der Waals surface area contributed by atoms with Gasteiger partial charge in [-0.05, 0) is 12.8 Å². The SMILES string of the molecule is CN(CS(=O)(=O)N(C)C)SNC(=O)ON=C(CF)C1(C)CCCCC1. The average molecular weight is 399 g/mol. The van der Waals surface area contributed by atoms with E-state index < -0.39 is 22.8 Å². The van der Waals surface area contributed by atoms with Crippen LogP contribution < -0.4 is 4.72 Å². The first-order chi connectivity index (χ1) is 11.6. The molecule has 0 radical (unpaired) electrons. The monoisotopic (exact) mass is 398 g/mol. The molecule has 0 atom stereocenters. The Morgan fingerprint density at radius 3 is 2.40 bits per heavy atom. The van der Waals surface area contributed by atoms with Crippen LogP contribution >= 0.6 is 12.1 Å². The molecule has 1 saturated carbocycles. The van der Waals surface area contributed by atoms with Crippen LogP contribution in [0.15, 0.2) is 5.16 Å². The highest BCUT2D eigenvalue weighted by atomic mass is 32.2. The molecule has 0 bridgehead atoms. The fourth-order valence-corrected chi connectivity index (χ4v) is 4.09. The van der Waals surface area contributed by atoms with E-state index in [1.807, 2.05) is 6.92 Å². The third-order valence-electron chi connectivity index (χ3n) is 4.21. The van der Waals surface area contributed by atoms with Gasteiger partial charge in [0.05, 0.1) is 5.71 Å². The molecule has 0 saturated heterocycles. The van der Waals surface area contributed by atoms with Crippen LogP contribution in [0.5, 0.6) is 0 Å². The zero-order valence-electron chi connectivity index (χ0n) is 15.1. The molecule has 0 aliphatic heterocycles. The van der Waals surface area contributed by atoms with Gasteiger partial charge in [0, 0.05) is 38.7 Å². The number of sulfonamides is 1. The van der Waals surface area contributed by atoms with Crippen LogP contribution in [-0.4, -0.2) is 62.5 Å². The summed E-state index contributed by atoms with van der Waals surface area (Å²) in [4.78, 5) is 16.4. The van der Waals surface area contributed by atoms with Crippen molar-refractivity contribution in [3.8, 4) is 0 Å². The van der Waals surface area contributed by atoms with E-state index >= 15 is 0 Å². The van der Waals surface area contributed by atoms with E-state index in [2.05, 4.69) is 9.88 Å². The van der Waals surface area contributed by atoms with Gasteiger partial charge >= 0.3 is 6.09 Å². The topological polar surface area (TPSA) is 91.3 Å². The van der Waals surface area contributed by atoms with Gasteiger partial charge in [0.2, 0.25) is 10.0 Å². The molecule has 0 heterocycles. The quantitative estimate of drug-likeness (QED) is 0.292. The first-order valence-electron chi connectivity index (χ1n) is 7.99. The fraction of sp³-hybridized carbons (Fsp3) is 0.857. The summed E-state index contributed by atoms with van der Waals surface area (Å²) in [6.07, 6.45) is 3.88. The number of oxime groups is 1. The van der Waals surface area contributed by atoms with Crippen molar-refractivity contribution >= 4 is 34.0 Å². The third kappa shape index (κ3) is 7.08. The molecule has 1 amide bonds. The van der Waals surface area contributed by atoms with Gasteiger partial charge in [0.15, 0.2) is 0 Å². The first-order valence-corrected chi connectivity index (χ1v) is 10.4. The number of halogens is 1. The Morgan fingerprint density at radius 2 is 1.88 bits per heavy atom. The lowest BCUT2D eigenvalue weighted by molar-refractivity contribution is 0.154. The van der Waals surface area contributed by atoms with Gasteiger partial charge in [-0.3, -0.25) is 4.84 Å². The van der Waals surface area contributed by atoms with Gasteiger partial charge in [-0.25, -0.2) is 30.9 Å². The highest BCUT2D eigenvalue weighted by molar-refractivity contribution is 7.96. The third-order valence-corrected chi connectivity index (χ3v) is 6.89. The van der Waals surface area contributed by atoms with Crippen molar-refractivity contribution in [2.75, 3.05) is 33.7 Å². The molecule has 1 aliphatic rings. The van der Waals surface area contributed by atoms with Crippen molar-refractivity contribution in [2.45, 2.75) is 39.0 Å². The molecule has 146 valence electrons. The van der Waals surface area contributed by atoms with Crippen LogP contribution in [0.4, 0.5) is 9.18 Å². The van der Waals surface area contributed by atoms with E-state index in [0.717, 1.165) is 48.5 Å². The molecule has 1 aliphatic carbocycles. The molecule has 1 fully saturated rings. The maximum absolute atomic E-state index is 13.3. The number of carbonyl (C=O) groups is 1. The zero-order valence-corrected chi connectivity index (χ0v) is 16.8. The highest BCUT2D eigenvalue weighted by Gasteiger charge is 2.33. The van der Waals surface area contributed by atoms with Crippen LogP contribution in [0.2, 0.25) is 0 Å². The summed E-state index contributed by atoms with van der Waals surface area (Å²) in [6, 6.07) is 0. The van der Waals surface area contributed by atoms with E-state index in [1.165, 1.54) is 25.4 Å². The predicted octanol–water partition coefficient (Wildman–Crippen LogP) is 2.35. The second-order valence-electron chi connectivity index (χ2n) is 6.52. The Kier molecular flexibility index (Phi) is 8.58. The van der Waals surface area contributed by atoms with Crippen molar-refractivity contribution in [3.05, 3.63) is 0 Å². The van der Waals surface area contributed by atoms with Gasteiger partial charge in [0.25, 0.3) is 0 Å². The second-order valence-corrected chi connectivity index (χ2v) is 9.68. The molecule has 0 aromatic heterocycles. The Balaban J connectivity index is 2.50. The van der Waals surface area contributed by atoms with Crippen LogP contribution in [0.3, 0.4) is 0 Å². The maximum atomic E-state index is 13.3. The second kappa shape index (κ2) is 9.70. The molecule has 11 heteroatoms. The number of rotatable bonds is 8. The lowest BCUT2D eigenvalue weighted by Crippen LogP contribution is -2.34. The van der Waals surface area contributed by atoms with Crippen molar-refractivity contribution in [2.24, 2.45) is 10.6 Å². The predicted molar refractivity (Wildman–Crippen MR) is 97.0 cm³/mol. The van der Waals surface area contributed by atoms with Gasteiger partial charge < -0.3 is 0 Å². The van der Waals surface area contributed by atoms with Gasteiger partial charge in [-0.2, -0.15) is 0 Å². The molecule has 0 aromatic rings. The number of alkyl halides is 1. The molecular weight excluding hydrogens is 371 g/mol. The molecule has 1 rings (SSSR count). The lowest BCUT2D eigenvalue weighted by atomic mass is 9.72. The van der Waals surface area contributed by atoms with Crippen molar-refractivity contribution in [1.82, 2.24) is 13.3 Å². The van der Waals surface area contributed by atoms with E-state index in [-0.39, 0.29) is 17.0 Å². The zero-order chi connectivity index (χ0) is 19.1. The fourth-order valence-electron chi connectivity index (χ4n) is 2.52. The number of nitrogens with one attached hydrogen (secondary N) is 1. The summed E-state index contributed by atoms with van der Waals surface area (Å²) < 4.78 is 41.4. The normalized spacial score (nSPS) is 18.4. The Labute approximate surface area is 153 Å². The molecular formula is C14H27FN4O4S2. The van der Waals surface area contributed by atoms with E-state index in [9.17, 15) is 17.6 Å². The summed E-state index contributed by atoms with van der Waals surface area (Å²) >= 11 is 0.763. The number of amides is 1. The van der Waals surface area contributed by atoms with Crippen LogP contribution in [0, 0.1) is 5.41 Å². The van der Waals surface area contributed by atoms with Crippen molar-refractivity contribution in [3.63, 3.8) is 0 Å². The summed E-state index contributed by atoms with van der Waals surface area (Å²) in [5, 5.41) is 3.69. The minimum atomic E-state index is -3.43. The van der Waals surface area contributed by atoms with E-state index in [0.29, 0.717) is 0 Å². The summed E-state index contributed by atoms with van der Waals surface area (Å²) in [5.41, 5.74) is -0.146. The van der Waals surface area contributed by atoms with Crippen LogP contribution in [0.1, 0.15) is 39.0 Å². The minimum absolute atomic E-state index is 0.232. The molecule has 1 N–H and O–H groups in total. The van der Waals surface area contributed by atoms with Gasteiger partial charge in [-0.15, -0.1) is 0 Å². The highest BCUT2D eigenvalue weighted by Crippen LogP contribution is 2.37.